The van der Waals surface area contributed by atoms with Gasteiger partial charge in [-0.05, 0) is 37.1 Å². The van der Waals surface area contributed by atoms with E-state index in [-0.39, 0.29) is 5.91 Å². The second-order valence-corrected chi connectivity index (χ2v) is 5.37. The molecule has 1 aliphatic rings. The highest BCUT2D eigenvalue weighted by atomic mass is 16.3. The van der Waals surface area contributed by atoms with Gasteiger partial charge in [0.25, 0.3) is 5.91 Å². The second kappa shape index (κ2) is 5.72. The summed E-state index contributed by atoms with van der Waals surface area (Å²) in [6.07, 6.45) is 2.52. The summed E-state index contributed by atoms with van der Waals surface area (Å²) in [7, 11) is 0. The van der Waals surface area contributed by atoms with Gasteiger partial charge >= 0.3 is 0 Å². The van der Waals surface area contributed by atoms with Crippen molar-refractivity contribution in [3.05, 3.63) is 35.4 Å². The van der Waals surface area contributed by atoms with Crippen molar-refractivity contribution in [2.45, 2.75) is 31.8 Å². The molecule has 1 amide bonds. The van der Waals surface area contributed by atoms with Gasteiger partial charge in [0.1, 0.15) is 0 Å². The van der Waals surface area contributed by atoms with Crippen LogP contribution in [0.1, 0.15) is 35.7 Å². The second-order valence-electron chi connectivity index (χ2n) is 5.37. The average Bonchev–Trinajstić information content (AvgIpc) is 2.36. The van der Waals surface area contributed by atoms with Gasteiger partial charge in [-0.15, -0.1) is 0 Å². The molecule has 0 aliphatic carbocycles. The van der Waals surface area contributed by atoms with E-state index >= 15 is 0 Å². The number of likely N-dealkylation sites (tertiary alicyclic amines) is 1. The Morgan fingerprint density at radius 1 is 1.37 bits per heavy atom. The van der Waals surface area contributed by atoms with Gasteiger partial charge in [0, 0.05) is 5.56 Å². The van der Waals surface area contributed by atoms with E-state index in [4.69, 9.17) is 5.73 Å². The van der Waals surface area contributed by atoms with Gasteiger partial charge in [-0.25, -0.2) is 0 Å². The topological polar surface area (TPSA) is 66.6 Å². The highest BCUT2D eigenvalue weighted by Gasteiger charge is 2.42. The van der Waals surface area contributed by atoms with E-state index in [2.05, 4.69) is 0 Å². The van der Waals surface area contributed by atoms with E-state index in [1.54, 1.807) is 4.90 Å². The van der Waals surface area contributed by atoms with Gasteiger partial charge in [-0.2, -0.15) is 0 Å². The number of aliphatic hydroxyl groups is 1. The molecule has 1 aliphatic heterocycles. The lowest BCUT2D eigenvalue weighted by molar-refractivity contribution is -0.0860. The Labute approximate surface area is 114 Å². The molecule has 104 valence electrons. The first-order valence-electron chi connectivity index (χ1n) is 6.88. The summed E-state index contributed by atoms with van der Waals surface area (Å²) in [5, 5.41) is 10.1. The molecule has 1 saturated heterocycles. The number of nitrogens with zero attached hydrogens (tertiary/aromatic N) is 1. The monoisotopic (exact) mass is 262 g/mol. The van der Waals surface area contributed by atoms with Crippen molar-refractivity contribution < 1.29 is 9.90 Å². The van der Waals surface area contributed by atoms with Crippen molar-refractivity contribution in [3.63, 3.8) is 0 Å². The van der Waals surface area contributed by atoms with Crippen LogP contribution in [0.4, 0.5) is 0 Å². The zero-order valence-corrected chi connectivity index (χ0v) is 11.4. The van der Waals surface area contributed by atoms with Crippen LogP contribution in [-0.2, 0) is 6.42 Å². The minimum absolute atomic E-state index is 0.0000709. The zero-order valence-electron chi connectivity index (χ0n) is 11.4. The lowest BCUT2D eigenvalue weighted by Crippen LogP contribution is -2.63. The molecule has 3 N–H and O–H groups in total. The molecule has 0 saturated carbocycles. The van der Waals surface area contributed by atoms with E-state index < -0.39 is 5.60 Å². The summed E-state index contributed by atoms with van der Waals surface area (Å²) in [5.74, 6) is 0.0000709. The largest absolute Gasteiger partial charge is 0.386 e. The number of carbonyl (C=O) groups excluding carboxylic acids is 1. The molecule has 0 spiro atoms. The van der Waals surface area contributed by atoms with E-state index in [1.165, 1.54) is 0 Å². The van der Waals surface area contributed by atoms with Gasteiger partial charge < -0.3 is 15.7 Å². The maximum Gasteiger partial charge on any atom is 0.254 e. The molecule has 1 aromatic rings. The van der Waals surface area contributed by atoms with E-state index in [9.17, 15) is 9.90 Å². The first-order chi connectivity index (χ1) is 9.08. The number of amides is 1. The van der Waals surface area contributed by atoms with Crippen LogP contribution in [0.2, 0.25) is 0 Å². The lowest BCUT2D eigenvalue weighted by atomic mass is 9.88. The summed E-state index contributed by atoms with van der Waals surface area (Å²) in [5.41, 5.74) is 6.65. The molecule has 2 rings (SSSR count). The molecular formula is C15H22N2O2. The third kappa shape index (κ3) is 3.14. The summed E-state index contributed by atoms with van der Waals surface area (Å²) >= 11 is 0. The van der Waals surface area contributed by atoms with E-state index in [0.717, 1.165) is 24.8 Å². The standard InChI is InChI=1S/C15H22N2O2/c1-2-8-15(19)10-17(11-15)14(18)13-5-3-12(4-6-13)7-9-16/h3-6,19H,2,7-11,16H2,1H3. The number of β-amino-alcohol motifs (C(OH)–C–C–N with tert-alkyl or cyclic N) is 1. The van der Waals surface area contributed by atoms with Crippen LogP contribution < -0.4 is 5.73 Å². The number of carbonyl (C=O) groups is 1. The fourth-order valence-corrected chi connectivity index (χ4v) is 2.59. The fourth-order valence-electron chi connectivity index (χ4n) is 2.59. The first-order valence-corrected chi connectivity index (χ1v) is 6.88. The summed E-state index contributed by atoms with van der Waals surface area (Å²) in [6.45, 7) is 3.55. The summed E-state index contributed by atoms with van der Waals surface area (Å²) < 4.78 is 0. The van der Waals surface area contributed by atoms with Gasteiger partial charge in [0.15, 0.2) is 0 Å². The smallest absolute Gasteiger partial charge is 0.254 e. The first kappa shape index (κ1) is 14.0. The summed E-state index contributed by atoms with van der Waals surface area (Å²) in [6, 6.07) is 7.56. The zero-order chi connectivity index (χ0) is 13.9. The SMILES string of the molecule is CCCC1(O)CN(C(=O)c2ccc(CCN)cc2)C1. The Morgan fingerprint density at radius 3 is 2.53 bits per heavy atom. The molecular weight excluding hydrogens is 240 g/mol. The molecule has 1 fully saturated rings. The normalized spacial score (nSPS) is 17.1. The predicted octanol–water partition coefficient (Wildman–Crippen LogP) is 1.17. The molecule has 4 heteroatoms. The van der Waals surface area contributed by atoms with Crippen molar-refractivity contribution in [2.24, 2.45) is 5.73 Å². The van der Waals surface area contributed by atoms with Crippen molar-refractivity contribution in [1.29, 1.82) is 0 Å². The molecule has 0 aromatic heterocycles. The quantitative estimate of drug-likeness (QED) is 0.837. The van der Waals surface area contributed by atoms with Crippen LogP contribution in [0.25, 0.3) is 0 Å². The van der Waals surface area contributed by atoms with E-state index in [1.807, 2.05) is 31.2 Å². The Balaban J connectivity index is 1.94. The van der Waals surface area contributed by atoms with Crippen LogP contribution in [0.15, 0.2) is 24.3 Å². The van der Waals surface area contributed by atoms with Crippen molar-refractivity contribution in [2.75, 3.05) is 19.6 Å². The molecule has 0 unspecified atom stereocenters. The molecule has 1 aromatic carbocycles. The van der Waals surface area contributed by atoms with Crippen LogP contribution in [0.3, 0.4) is 0 Å². The number of benzene rings is 1. The van der Waals surface area contributed by atoms with Crippen molar-refractivity contribution in [1.82, 2.24) is 4.90 Å². The molecule has 0 atom stereocenters. The van der Waals surface area contributed by atoms with Crippen LogP contribution in [0.5, 0.6) is 0 Å². The Morgan fingerprint density at radius 2 is 2.00 bits per heavy atom. The molecule has 4 nitrogen and oxygen atoms in total. The number of nitrogens with two attached hydrogens (primary N) is 1. The van der Waals surface area contributed by atoms with Crippen molar-refractivity contribution in [3.8, 4) is 0 Å². The Kier molecular flexibility index (Phi) is 4.22. The minimum Gasteiger partial charge on any atom is -0.386 e. The summed E-state index contributed by atoms with van der Waals surface area (Å²) in [4.78, 5) is 13.9. The third-order valence-corrected chi connectivity index (χ3v) is 3.61. The molecule has 0 radical (unpaired) electrons. The van der Waals surface area contributed by atoms with Gasteiger partial charge in [-0.3, -0.25) is 4.79 Å². The van der Waals surface area contributed by atoms with Crippen LogP contribution >= 0.6 is 0 Å². The Hall–Kier alpha value is -1.39. The van der Waals surface area contributed by atoms with Crippen LogP contribution in [-0.4, -0.2) is 41.1 Å². The maximum absolute atomic E-state index is 12.2. The minimum atomic E-state index is -0.663. The van der Waals surface area contributed by atoms with Crippen molar-refractivity contribution >= 4 is 5.91 Å². The van der Waals surface area contributed by atoms with Gasteiger partial charge in [-0.1, -0.05) is 25.5 Å². The predicted molar refractivity (Wildman–Crippen MR) is 75.0 cm³/mol. The number of hydrogen-bond donors (Lipinski definition) is 2. The highest BCUT2D eigenvalue weighted by molar-refractivity contribution is 5.95. The molecule has 19 heavy (non-hydrogen) atoms. The maximum atomic E-state index is 12.2. The number of rotatable bonds is 5. The molecule has 0 bridgehead atoms. The van der Waals surface area contributed by atoms with Gasteiger partial charge in [0.05, 0.1) is 18.7 Å². The third-order valence-electron chi connectivity index (χ3n) is 3.61. The average molecular weight is 262 g/mol. The highest BCUT2D eigenvalue weighted by Crippen LogP contribution is 2.27. The lowest BCUT2D eigenvalue weighted by Gasteiger charge is -2.46. The number of hydrogen-bond acceptors (Lipinski definition) is 3. The molecule has 1 heterocycles. The van der Waals surface area contributed by atoms with Gasteiger partial charge in [0.2, 0.25) is 0 Å². The fraction of sp³-hybridized carbons (Fsp3) is 0.533. The van der Waals surface area contributed by atoms with Crippen LogP contribution in [0, 0.1) is 0 Å². The Bertz CT molecular complexity index is 436. The van der Waals surface area contributed by atoms with E-state index in [0.29, 0.717) is 25.2 Å².